The van der Waals surface area contributed by atoms with Crippen molar-refractivity contribution in [1.29, 1.82) is 0 Å². The summed E-state index contributed by atoms with van der Waals surface area (Å²) in [5, 5.41) is 3.84. The molecule has 156 valence electrons. The third-order valence-corrected chi connectivity index (χ3v) is 6.34. The summed E-state index contributed by atoms with van der Waals surface area (Å²) in [6.07, 6.45) is 3.63. The van der Waals surface area contributed by atoms with Gasteiger partial charge in [-0.1, -0.05) is 76.2 Å². The summed E-state index contributed by atoms with van der Waals surface area (Å²) < 4.78 is 0. The van der Waals surface area contributed by atoms with Crippen molar-refractivity contribution in [2.75, 3.05) is 5.32 Å². The number of allylic oxidation sites excluding steroid dienone is 3. The number of benzene rings is 2. The Morgan fingerprint density at radius 2 is 1.87 bits per heavy atom. The number of hydrogen-bond acceptors (Lipinski definition) is 4. The summed E-state index contributed by atoms with van der Waals surface area (Å²) >= 11 is 14.7. The van der Waals surface area contributed by atoms with Crippen LogP contribution in [-0.2, 0) is 16.7 Å². The zero-order valence-electron chi connectivity index (χ0n) is 16.2. The molecule has 0 aromatic heterocycles. The van der Waals surface area contributed by atoms with Crippen LogP contribution in [0.3, 0.4) is 0 Å². The molecule has 1 aliphatic heterocycles. The Balaban J connectivity index is 1.61. The first-order valence-electron chi connectivity index (χ1n) is 9.44. The summed E-state index contributed by atoms with van der Waals surface area (Å²) in [7, 11) is 0. The Hall–Kier alpha value is -2.61. The molecule has 0 fully saturated rings. The summed E-state index contributed by atoms with van der Waals surface area (Å²) in [4.78, 5) is 40.5. The first-order valence-corrected chi connectivity index (χ1v) is 11.3. The van der Waals surface area contributed by atoms with E-state index in [-0.39, 0.29) is 28.9 Å². The van der Waals surface area contributed by atoms with Crippen molar-refractivity contribution in [2.24, 2.45) is 0 Å². The molecule has 2 aromatic carbocycles. The van der Waals surface area contributed by atoms with Crippen LogP contribution in [0, 0.1) is 0 Å². The van der Waals surface area contributed by atoms with E-state index >= 15 is 0 Å². The molecule has 0 radical (unpaired) electrons. The van der Waals surface area contributed by atoms with Gasteiger partial charge in [-0.2, -0.15) is 0 Å². The fraction of sp³-hybridized carbons (Fsp3) is 0.130. The number of alkyl halides is 1. The molecule has 1 heterocycles. The number of thiocarbonyl (C=S) groups is 1. The van der Waals surface area contributed by atoms with Crippen molar-refractivity contribution < 1.29 is 14.4 Å². The fourth-order valence-electron chi connectivity index (χ4n) is 3.53. The number of hydrogen-bond donors (Lipinski definition) is 1. The fourth-order valence-corrected chi connectivity index (χ4v) is 4.30. The van der Waals surface area contributed by atoms with Crippen LogP contribution in [0.2, 0.25) is 0 Å². The number of imide groups is 1. The molecule has 5 nitrogen and oxygen atoms in total. The van der Waals surface area contributed by atoms with E-state index in [1.165, 1.54) is 11.0 Å². The molecule has 2 aliphatic rings. The topological polar surface area (TPSA) is 66.5 Å². The highest BCUT2D eigenvalue weighted by Crippen LogP contribution is 2.31. The number of amides is 3. The van der Waals surface area contributed by atoms with Gasteiger partial charge in [0, 0.05) is 21.6 Å². The zero-order valence-corrected chi connectivity index (χ0v) is 19.3. The van der Waals surface area contributed by atoms with Crippen molar-refractivity contribution >= 4 is 68.0 Å². The molecule has 0 saturated carbocycles. The molecule has 3 amide bonds. The van der Waals surface area contributed by atoms with Crippen molar-refractivity contribution in [1.82, 2.24) is 4.90 Å². The molecule has 0 bridgehead atoms. The lowest BCUT2D eigenvalue weighted by molar-refractivity contribution is -0.112. The average molecular weight is 516 g/mol. The van der Waals surface area contributed by atoms with Crippen molar-refractivity contribution in [2.45, 2.75) is 18.3 Å². The average Bonchev–Trinajstić information content (AvgIpc) is 3.01. The maximum Gasteiger partial charge on any atom is 0.263 e. The van der Waals surface area contributed by atoms with Crippen LogP contribution < -0.4 is 5.32 Å². The summed E-state index contributed by atoms with van der Waals surface area (Å²) in [6, 6.07) is 12.5. The maximum atomic E-state index is 13.1. The van der Waals surface area contributed by atoms with E-state index in [1.807, 2.05) is 24.3 Å². The summed E-state index contributed by atoms with van der Waals surface area (Å²) in [5.74, 6) is -1.30. The molecule has 8 heteroatoms. The molecule has 31 heavy (non-hydrogen) atoms. The first kappa shape index (κ1) is 21.6. The number of anilines is 1. The molecule has 1 aliphatic carbocycles. The van der Waals surface area contributed by atoms with E-state index in [0.717, 1.165) is 11.1 Å². The van der Waals surface area contributed by atoms with Gasteiger partial charge in [0.1, 0.15) is 0 Å². The van der Waals surface area contributed by atoms with Gasteiger partial charge in [-0.25, -0.2) is 0 Å². The van der Waals surface area contributed by atoms with Crippen LogP contribution in [0.4, 0.5) is 5.69 Å². The van der Waals surface area contributed by atoms with Gasteiger partial charge >= 0.3 is 0 Å². The number of nitrogens with one attached hydrogen (secondary N) is 1. The number of nitrogens with zero attached hydrogens (tertiary/aromatic N) is 1. The number of carbonyl (C=O) groups excluding carboxylic acids is 3. The normalized spacial score (nSPS) is 15.5. The summed E-state index contributed by atoms with van der Waals surface area (Å²) in [5.41, 5.74) is 2.88. The standard InChI is InChI=1S/C23H16BrClN2O3S/c24-11-13-3-1-4-14(9-13)12-27-22(29)16-5-2-6-18(20(16)23(27)30)26-21(28)17-10-15(25)7-8-19(17)31/h1-7,9-10H,8,11-12H2,(H,26,28). The highest BCUT2D eigenvalue weighted by molar-refractivity contribution is 9.08. The largest absolute Gasteiger partial charge is 0.321 e. The van der Waals surface area contributed by atoms with E-state index in [2.05, 4.69) is 21.2 Å². The Morgan fingerprint density at radius 3 is 2.65 bits per heavy atom. The highest BCUT2D eigenvalue weighted by atomic mass is 79.9. The lowest BCUT2D eigenvalue weighted by Gasteiger charge is -2.15. The molecule has 0 unspecified atom stereocenters. The predicted molar refractivity (Wildman–Crippen MR) is 128 cm³/mol. The Kier molecular flexibility index (Phi) is 6.18. The molecule has 2 aromatic rings. The molecule has 4 rings (SSSR count). The van der Waals surface area contributed by atoms with Crippen molar-refractivity contribution in [3.8, 4) is 0 Å². The first-order chi connectivity index (χ1) is 14.9. The zero-order chi connectivity index (χ0) is 22.1. The quantitative estimate of drug-likeness (QED) is 0.340. The van der Waals surface area contributed by atoms with Crippen LogP contribution in [0.25, 0.3) is 0 Å². The van der Waals surface area contributed by atoms with Gasteiger partial charge in [0.25, 0.3) is 17.7 Å². The lowest BCUT2D eigenvalue weighted by atomic mass is 10.0. The molecular weight excluding hydrogens is 500 g/mol. The number of carbonyl (C=O) groups is 3. The van der Waals surface area contributed by atoms with Gasteiger partial charge < -0.3 is 5.32 Å². The molecule has 0 atom stereocenters. The smallest absolute Gasteiger partial charge is 0.263 e. The summed E-state index contributed by atoms with van der Waals surface area (Å²) in [6.45, 7) is 0.149. The number of rotatable bonds is 5. The van der Waals surface area contributed by atoms with E-state index in [0.29, 0.717) is 21.6 Å². The third-order valence-electron chi connectivity index (χ3n) is 5.04. The van der Waals surface area contributed by atoms with Gasteiger partial charge in [0.05, 0.1) is 28.9 Å². The van der Waals surface area contributed by atoms with Crippen LogP contribution in [0.5, 0.6) is 0 Å². The second kappa shape index (κ2) is 8.86. The van der Waals surface area contributed by atoms with Crippen LogP contribution in [0.1, 0.15) is 38.3 Å². The molecule has 0 spiro atoms. The van der Waals surface area contributed by atoms with Crippen molar-refractivity contribution in [3.05, 3.63) is 87.5 Å². The van der Waals surface area contributed by atoms with Gasteiger partial charge in [-0.15, -0.1) is 0 Å². The predicted octanol–water partition coefficient (Wildman–Crippen LogP) is 5.14. The number of fused-ring (bicyclic) bond motifs is 1. The van der Waals surface area contributed by atoms with Crippen LogP contribution in [0.15, 0.2) is 65.2 Å². The lowest BCUT2D eigenvalue weighted by Crippen LogP contribution is -2.29. The minimum atomic E-state index is -0.464. The second-order valence-electron chi connectivity index (χ2n) is 7.11. The van der Waals surface area contributed by atoms with E-state index in [4.69, 9.17) is 23.8 Å². The Labute approximate surface area is 197 Å². The molecular formula is C23H16BrClN2O3S. The third kappa shape index (κ3) is 4.26. The second-order valence-corrected chi connectivity index (χ2v) is 8.60. The minimum Gasteiger partial charge on any atom is -0.321 e. The van der Waals surface area contributed by atoms with Gasteiger partial charge in [0.15, 0.2) is 0 Å². The van der Waals surface area contributed by atoms with E-state index in [9.17, 15) is 14.4 Å². The maximum absolute atomic E-state index is 13.1. The van der Waals surface area contributed by atoms with Gasteiger partial charge in [0.2, 0.25) is 0 Å². The van der Waals surface area contributed by atoms with Gasteiger partial charge in [-0.05, 0) is 29.3 Å². The molecule has 0 saturated heterocycles. The van der Waals surface area contributed by atoms with E-state index in [1.54, 1.807) is 24.3 Å². The molecule has 1 N–H and O–H groups in total. The van der Waals surface area contributed by atoms with Crippen LogP contribution in [-0.4, -0.2) is 27.5 Å². The van der Waals surface area contributed by atoms with Gasteiger partial charge in [-0.3, -0.25) is 19.3 Å². The Morgan fingerprint density at radius 1 is 1.13 bits per heavy atom. The monoisotopic (exact) mass is 514 g/mol. The van der Waals surface area contributed by atoms with Crippen LogP contribution >= 0.6 is 39.7 Å². The minimum absolute atomic E-state index is 0.149. The number of halogens is 2. The highest BCUT2D eigenvalue weighted by Gasteiger charge is 2.38. The van der Waals surface area contributed by atoms with Crippen molar-refractivity contribution in [3.63, 3.8) is 0 Å². The SMILES string of the molecule is O=C(Nc1cccc2c1C(=O)N(Cc1cccc(CBr)c1)C2=O)C1=CC(Cl)=CCC1=S. The van der Waals surface area contributed by atoms with E-state index < -0.39 is 17.7 Å². The Bertz CT molecular complexity index is 1210.